The van der Waals surface area contributed by atoms with Crippen molar-refractivity contribution in [1.29, 1.82) is 0 Å². The first-order valence-corrected chi connectivity index (χ1v) is 47.9. The van der Waals surface area contributed by atoms with Crippen molar-refractivity contribution in [2.45, 2.75) is 31.6 Å². The van der Waals surface area contributed by atoms with Crippen molar-refractivity contribution in [3.63, 3.8) is 0 Å². The van der Waals surface area contributed by atoms with Crippen molar-refractivity contribution in [1.82, 2.24) is 9.13 Å². The molecule has 5 heteroatoms. The van der Waals surface area contributed by atoms with E-state index in [1.807, 2.05) is 60.7 Å². The summed E-state index contributed by atoms with van der Waals surface area (Å²) in [7, 11) is 0. The number of benzene rings is 23. The van der Waals surface area contributed by atoms with Gasteiger partial charge < -0.3 is 18.9 Å². The summed E-state index contributed by atoms with van der Waals surface area (Å²) < 4.78 is 147. The summed E-state index contributed by atoms with van der Waals surface area (Å²) in [5.74, 6) is 0. The van der Waals surface area contributed by atoms with E-state index in [4.69, 9.17) is 0 Å². The average Bonchev–Trinajstić information content (AvgIpc) is 1.52. The number of anilines is 6. The van der Waals surface area contributed by atoms with Crippen molar-refractivity contribution in [2.24, 2.45) is 0 Å². The lowest BCUT2D eigenvalue weighted by molar-refractivity contribution is 0.591. The zero-order valence-corrected chi connectivity index (χ0v) is 76.5. The van der Waals surface area contributed by atoms with Gasteiger partial charge in [0.15, 0.2) is 0 Å². The number of fused-ring (bicyclic) bond motifs is 26. The van der Waals surface area contributed by atoms with Gasteiger partial charge in [-0.3, -0.25) is 0 Å². The zero-order valence-electron chi connectivity index (χ0n) is 90.5. The Bertz CT molecular complexity index is 10300. The molecule has 0 unspecified atom stereocenters. The SMILES string of the molecule is [2H]c1c([2H])c([2H])c2c(c1[2H])c1c([2H])c(-c3ccccc3)c([2H])c([2H])c1n2-c1ccc2c(c1)N(c1c(-c3ccccc3)cc(C(C)(C)C)cc1-c1ccccc1)c1cc(-c3ccc4c(c3)-c3ccccc3C43c4ccccc4-c4ccccc43)cc3c1B2c1ccc(-n2c4c([2H])c([2H])c([2H])c([2H])c4c4c([2H])c(-c5ccccc5)c([2H])c([2H])c42)cc1N3c1c(-c2cc3ccccc3c3ccccc23)cccc1-c1cc2ccccc2c2ccccc12. The summed E-state index contributed by atoms with van der Waals surface area (Å²) in [6, 6.07) is 135. The Morgan fingerprint density at radius 2 is 0.614 bits per heavy atom. The average molecular weight is 1790 g/mol. The number of nitrogens with zero attached hydrogens (tertiary/aromatic N) is 4. The Morgan fingerprint density at radius 1 is 0.236 bits per heavy atom. The Morgan fingerprint density at radius 3 is 1.08 bits per heavy atom. The topological polar surface area (TPSA) is 16.3 Å². The molecule has 25 aromatic rings. The van der Waals surface area contributed by atoms with Gasteiger partial charge in [-0.25, -0.2) is 0 Å². The standard InChI is InChI=1S/C135H89BN4/c1-134(2,3)94-80-110(86-39-12-6-13-40-86)133(111(81-94)87-41-14-7-15-42-87)140-128-83-96(138-124-62-33-28-55-107(124)116-75-89(65-72-126(116)138)85-37-10-5-11-38-85)67-70-122(128)136-121-69-66-95(137-123-61-32-27-54-106(123)115-74-88(64-71-125(115)137)84-35-8-4-9-36-84)82-127(121)139(129-78-93(79-130(140)131(129)136)90-63-68-120-114(73-90)105-53-26-31-60-119(105)135(120)117-58-29-24-51-103(117)104-52-25-30-59-118(104)135)132-108(112-76-91-43-16-18-45-97(91)99-47-20-22-49-101(99)112)56-34-57-109(132)113-77-92-44-17-19-46-98(92)100-48-21-23-50-102(100)113/h4-83H,1-3H3/i27D,28D,32D,33D,54D,55D,61D,62D,64D,65D,71D,72D,74D,75D. The van der Waals surface area contributed by atoms with E-state index in [1.54, 1.807) is 33.4 Å². The fraction of sp³-hybridized carbons (Fsp3) is 0.0370. The first-order valence-electron chi connectivity index (χ1n) is 54.9. The third-order valence-corrected chi connectivity index (χ3v) is 30.1. The second-order valence-corrected chi connectivity index (χ2v) is 38.4. The maximum Gasteiger partial charge on any atom is 0.252 e. The summed E-state index contributed by atoms with van der Waals surface area (Å²) in [4.78, 5) is 4.89. The van der Waals surface area contributed by atoms with Crippen LogP contribution in [0.25, 0.3) is 198 Å². The van der Waals surface area contributed by atoms with E-state index in [9.17, 15) is 19.2 Å². The minimum absolute atomic E-state index is 0.0000171. The highest BCUT2D eigenvalue weighted by atomic mass is 15.2. The third kappa shape index (κ3) is 11.7. The van der Waals surface area contributed by atoms with E-state index in [0.717, 1.165) is 171 Å². The van der Waals surface area contributed by atoms with Gasteiger partial charge >= 0.3 is 0 Å². The number of hydrogen-bond acceptors (Lipinski definition) is 2. The number of aromatic nitrogens is 2. The van der Waals surface area contributed by atoms with Crippen LogP contribution in [0.5, 0.6) is 0 Å². The van der Waals surface area contributed by atoms with Crippen LogP contribution in [0.2, 0.25) is 0 Å². The molecule has 4 heterocycles. The van der Waals surface area contributed by atoms with Crippen LogP contribution in [0.4, 0.5) is 34.1 Å². The van der Waals surface area contributed by atoms with Crippen LogP contribution in [0.15, 0.2) is 485 Å². The third-order valence-electron chi connectivity index (χ3n) is 30.1. The van der Waals surface area contributed by atoms with Crippen molar-refractivity contribution in [3.8, 4) is 112 Å². The maximum absolute atomic E-state index is 10.7. The van der Waals surface area contributed by atoms with Gasteiger partial charge in [-0.2, -0.15) is 0 Å². The fourth-order valence-corrected chi connectivity index (χ4v) is 24.0. The van der Waals surface area contributed by atoms with Gasteiger partial charge in [0.2, 0.25) is 0 Å². The molecule has 0 amide bonds. The predicted octanol–water partition coefficient (Wildman–Crippen LogP) is 33.9. The van der Waals surface area contributed by atoms with Gasteiger partial charge in [0.1, 0.15) is 0 Å². The summed E-state index contributed by atoms with van der Waals surface area (Å²) in [5.41, 5.74) is 26.0. The molecule has 1 spiro atoms. The number of rotatable bonds is 11. The highest BCUT2D eigenvalue weighted by Crippen LogP contribution is 2.65. The molecule has 29 rings (SSSR count). The monoisotopic (exact) mass is 1790 g/mol. The summed E-state index contributed by atoms with van der Waals surface area (Å²) in [6.45, 7) is 5.86. The maximum atomic E-state index is 10.7. The van der Waals surface area contributed by atoms with Crippen LogP contribution in [-0.2, 0) is 10.8 Å². The van der Waals surface area contributed by atoms with Crippen molar-refractivity contribution < 1.29 is 19.2 Å². The summed E-state index contributed by atoms with van der Waals surface area (Å²) >= 11 is 0. The van der Waals surface area contributed by atoms with E-state index in [0.29, 0.717) is 39.6 Å². The largest absolute Gasteiger partial charge is 0.310 e. The van der Waals surface area contributed by atoms with E-state index in [2.05, 4.69) is 346 Å². The molecule has 23 aromatic carbocycles. The lowest BCUT2D eigenvalue weighted by atomic mass is 9.33. The molecule has 0 N–H and O–H groups in total. The second-order valence-electron chi connectivity index (χ2n) is 38.4. The fourth-order valence-electron chi connectivity index (χ4n) is 24.0. The highest BCUT2D eigenvalue weighted by Gasteiger charge is 2.53. The summed E-state index contributed by atoms with van der Waals surface area (Å²) in [5, 5.41) is 8.30. The second kappa shape index (κ2) is 30.7. The van der Waals surface area contributed by atoms with E-state index >= 15 is 0 Å². The van der Waals surface area contributed by atoms with Crippen molar-refractivity contribution >= 4 is 144 Å². The van der Waals surface area contributed by atoms with Gasteiger partial charge in [-0.15, -0.1) is 0 Å². The van der Waals surface area contributed by atoms with Crippen LogP contribution >= 0.6 is 0 Å². The molecule has 2 aromatic heterocycles. The van der Waals surface area contributed by atoms with Gasteiger partial charge in [0.05, 0.1) is 58.0 Å². The van der Waals surface area contributed by atoms with Crippen LogP contribution in [-0.4, -0.2) is 15.8 Å². The minimum atomic E-state index is -0.868. The van der Waals surface area contributed by atoms with Crippen LogP contribution in [0, 0.1) is 0 Å². The Kier molecular flexibility index (Phi) is 14.6. The molecule has 0 bridgehead atoms. The quantitative estimate of drug-likeness (QED) is 0.0948. The van der Waals surface area contributed by atoms with Crippen LogP contribution in [0.3, 0.4) is 0 Å². The molecule has 2 aliphatic heterocycles. The number of hydrogen-bond donors (Lipinski definition) is 0. The molecule has 140 heavy (non-hydrogen) atoms. The summed E-state index contributed by atoms with van der Waals surface area (Å²) in [6.07, 6.45) is 0. The smallest absolute Gasteiger partial charge is 0.252 e. The molecule has 0 radical (unpaired) electrons. The molecule has 4 aliphatic rings. The molecule has 0 atom stereocenters. The predicted molar refractivity (Wildman–Crippen MR) is 592 cm³/mol. The first kappa shape index (κ1) is 66.7. The molecular weight excluding hydrogens is 1690 g/mol. The van der Waals surface area contributed by atoms with Gasteiger partial charge in [0.25, 0.3) is 6.71 Å². The molecule has 0 saturated carbocycles. The van der Waals surface area contributed by atoms with Gasteiger partial charge in [-0.1, -0.05) is 403 Å². The zero-order chi connectivity index (χ0) is 105. The Hall–Kier alpha value is -17.6. The normalized spacial score (nSPS) is 14.5. The van der Waals surface area contributed by atoms with Crippen LogP contribution < -0.4 is 26.2 Å². The highest BCUT2D eigenvalue weighted by molar-refractivity contribution is 7.00. The Balaban J connectivity index is 0.834. The lowest BCUT2D eigenvalue weighted by Gasteiger charge is -2.46. The molecule has 2 aliphatic carbocycles. The molecule has 0 fully saturated rings. The van der Waals surface area contributed by atoms with Gasteiger partial charge in [0, 0.05) is 77.9 Å². The molecule has 4 nitrogen and oxygen atoms in total. The lowest BCUT2D eigenvalue weighted by Crippen LogP contribution is -2.61. The number of para-hydroxylation sites is 3. The first-order chi connectivity index (χ1) is 75.0. The molecule has 652 valence electrons. The van der Waals surface area contributed by atoms with Crippen molar-refractivity contribution in [3.05, 3.63) is 513 Å². The van der Waals surface area contributed by atoms with E-state index < -0.39 is 65.9 Å². The van der Waals surface area contributed by atoms with E-state index in [1.165, 1.54) is 11.1 Å². The molecule has 0 saturated heterocycles. The Labute approximate surface area is 832 Å². The van der Waals surface area contributed by atoms with E-state index in [-0.39, 0.29) is 91.0 Å². The van der Waals surface area contributed by atoms with Gasteiger partial charge in [-0.05, 0) is 274 Å². The van der Waals surface area contributed by atoms with Crippen molar-refractivity contribution in [2.75, 3.05) is 9.80 Å². The van der Waals surface area contributed by atoms with Crippen LogP contribution in [0.1, 0.15) is 67.8 Å². The minimum Gasteiger partial charge on any atom is -0.310 e. The molecular formula is C135H89BN4.